The Morgan fingerprint density at radius 1 is 1.40 bits per heavy atom. The lowest BCUT2D eigenvalue weighted by atomic mass is 10.1. The van der Waals surface area contributed by atoms with Crippen LogP contribution in [0.1, 0.15) is 39.0 Å². The molecule has 0 saturated carbocycles. The molecule has 0 aliphatic heterocycles. The van der Waals surface area contributed by atoms with Crippen molar-refractivity contribution >= 4 is 16.9 Å². The third-order valence-electron chi connectivity index (χ3n) is 3.59. The van der Waals surface area contributed by atoms with Crippen molar-refractivity contribution in [2.24, 2.45) is 5.92 Å². The molecule has 4 nitrogen and oxygen atoms in total. The van der Waals surface area contributed by atoms with Crippen LogP contribution in [0.4, 0.5) is 0 Å². The summed E-state index contributed by atoms with van der Waals surface area (Å²) in [6.07, 6.45) is 0.826. The van der Waals surface area contributed by atoms with Crippen molar-refractivity contribution < 1.29 is 13.9 Å². The predicted molar refractivity (Wildman–Crippen MR) is 78.8 cm³/mol. The van der Waals surface area contributed by atoms with Crippen molar-refractivity contribution in [2.45, 2.75) is 33.2 Å². The largest absolute Gasteiger partial charge is 0.493 e. The highest BCUT2D eigenvalue weighted by Crippen LogP contribution is 2.30. The first-order chi connectivity index (χ1) is 9.56. The summed E-state index contributed by atoms with van der Waals surface area (Å²) in [6, 6.07) is 7.53. The second-order valence-electron chi connectivity index (χ2n) is 5.07. The first-order valence-electron chi connectivity index (χ1n) is 6.93. The number of rotatable bonds is 5. The molecule has 0 aliphatic rings. The molecule has 0 saturated heterocycles. The van der Waals surface area contributed by atoms with Crippen LogP contribution in [0.5, 0.6) is 5.75 Å². The van der Waals surface area contributed by atoms with Gasteiger partial charge in [-0.15, -0.1) is 0 Å². The van der Waals surface area contributed by atoms with Gasteiger partial charge in [-0.2, -0.15) is 0 Å². The Hall–Kier alpha value is -1.97. The van der Waals surface area contributed by atoms with E-state index < -0.39 is 0 Å². The van der Waals surface area contributed by atoms with Crippen molar-refractivity contribution in [1.82, 2.24) is 5.32 Å². The number of benzene rings is 1. The zero-order chi connectivity index (χ0) is 14.7. The number of amides is 1. The molecule has 1 amide bonds. The van der Waals surface area contributed by atoms with Gasteiger partial charge in [0.2, 0.25) is 5.91 Å². The van der Waals surface area contributed by atoms with Gasteiger partial charge < -0.3 is 14.5 Å². The molecule has 20 heavy (non-hydrogen) atoms. The standard InChI is InChI=1S/C16H21NO3/c1-5-10(2)16(18)17-11(3)14-9-12-7-6-8-13(19-4)15(12)20-14/h6-11H,5H2,1-4H3,(H,17,18). The van der Waals surface area contributed by atoms with Crippen molar-refractivity contribution in [2.75, 3.05) is 7.11 Å². The van der Waals surface area contributed by atoms with Crippen molar-refractivity contribution in [1.29, 1.82) is 0 Å². The molecule has 1 N–H and O–H groups in total. The topological polar surface area (TPSA) is 51.5 Å². The van der Waals surface area contributed by atoms with Crippen LogP contribution < -0.4 is 10.1 Å². The summed E-state index contributed by atoms with van der Waals surface area (Å²) >= 11 is 0. The van der Waals surface area contributed by atoms with Crippen LogP contribution in [-0.4, -0.2) is 13.0 Å². The molecule has 0 bridgehead atoms. The molecule has 4 heteroatoms. The number of hydrogen-bond donors (Lipinski definition) is 1. The second kappa shape index (κ2) is 5.99. The van der Waals surface area contributed by atoms with Crippen LogP contribution >= 0.6 is 0 Å². The van der Waals surface area contributed by atoms with E-state index in [9.17, 15) is 4.79 Å². The lowest BCUT2D eigenvalue weighted by Gasteiger charge is -2.14. The molecule has 2 unspecified atom stereocenters. The number of furan rings is 1. The zero-order valence-corrected chi connectivity index (χ0v) is 12.4. The molecule has 2 rings (SSSR count). The van der Waals surface area contributed by atoms with Crippen molar-refractivity contribution in [3.63, 3.8) is 0 Å². The highest BCUT2D eigenvalue weighted by atomic mass is 16.5. The van der Waals surface area contributed by atoms with Crippen molar-refractivity contribution in [3.8, 4) is 5.75 Å². The second-order valence-corrected chi connectivity index (χ2v) is 5.07. The van der Waals surface area contributed by atoms with E-state index in [2.05, 4.69) is 5.32 Å². The number of carbonyl (C=O) groups excluding carboxylic acids is 1. The van der Waals surface area contributed by atoms with E-state index in [1.165, 1.54) is 0 Å². The number of carbonyl (C=O) groups is 1. The number of hydrogen-bond acceptors (Lipinski definition) is 3. The monoisotopic (exact) mass is 275 g/mol. The Morgan fingerprint density at radius 3 is 2.80 bits per heavy atom. The Labute approximate surface area is 119 Å². The first-order valence-corrected chi connectivity index (χ1v) is 6.93. The van der Waals surface area contributed by atoms with Crippen LogP contribution in [0, 0.1) is 5.92 Å². The molecule has 0 radical (unpaired) electrons. The predicted octanol–water partition coefficient (Wildman–Crippen LogP) is 3.66. The fraction of sp³-hybridized carbons (Fsp3) is 0.438. The summed E-state index contributed by atoms with van der Waals surface area (Å²) in [5.41, 5.74) is 0.717. The smallest absolute Gasteiger partial charge is 0.223 e. The van der Waals surface area contributed by atoms with Gasteiger partial charge in [0.25, 0.3) is 0 Å². The maximum absolute atomic E-state index is 11.9. The quantitative estimate of drug-likeness (QED) is 0.906. The third kappa shape index (κ3) is 2.79. The van der Waals surface area contributed by atoms with Gasteiger partial charge in [-0.1, -0.05) is 26.0 Å². The lowest BCUT2D eigenvalue weighted by Crippen LogP contribution is -2.31. The van der Waals surface area contributed by atoms with Crippen LogP contribution in [0.15, 0.2) is 28.7 Å². The van der Waals surface area contributed by atoms with Gasteiger partial charge in [0.1, 0.15) is 5.76 Å². The molecule has 1 aromatic heterocycles. The summed E-state index contributed by atoms with van der Waals surface area (Å²) in [5.74, 6) is 1.50. The summed E-state index contributed by atoms with van der Waals surface area (Å²) in [4.78, 5) is 11.9. The van der Waals surface area contributed by atoms with Gasteiger partial charge in [-0.3, -0.25) is 4.79 Å². The number of nitrogens with one attached hydrogen (secondary N) is 1. The highest BCUT2D eigenvalue weighted by Gasteiger charge is 2.18. The zero-order valence-electron chi connectivity index (χ0n) is 12.4. The average Bonchev–Trinajstić information content (AvgIpc) is 2.90. The Bertz CT molecular complexity index is 603. The van der Waals surface area contributed by atoms with Gasteiger partial charge in [0.05, 0.1) is 13.2 Å². The molecule has 1 aromatic carbocycles. The average molecular weight is 275 g/mol. The molecule has 2 aromatic rings. The van der Waals surface area contributed by atoms with E-state index in [1.807, 2.05) is 45.0 Å². The fourth-order valence-corrected chi connectivity index (χ4v) is 2.04. The summed E-state index contributed by atoms with van der Waals surface area (Å²) in [7, 11) is 1.62. The Kier molecular flexibility index (Phi) is 4.32. The van der Waals surface area contributed by atoms with Crippen LogP contribution in [0.3, 0.4) is 0 Å². The SMILES string of the molecule is CCC(C)C(=O)NC(C)c1cc2cccc(OC)c2o1. The summed E-state index contributed by atoms with van der Waals surface area (Å²) < 4.78 is 11.1. The van der Waals surface area contributed by atoms with Gasteiger partial charge in [-0.25, -0.2) is 0 Å². The molecule has 108 valence electrons. The van der Waals surface area contributed by atoms with Gasteiger partial charge >= 0.3 is 0 Å². The normalized spacial score (nSPS) is 14.0. The van der Waals surface area contributed by atoms with Crippen molar-refractivity contribution in [3.05, 3.63) is 30.0 Å². The van der Waals surface area contributed by atoms with Crippen LogP contribution in [0.2, 0.25) is 0 Å². The summed E-state index contributed by atoms with van der Waals surface area (Å²) in [5, 5.41) is 3.95. The fourth-order valence-electron chi connectivity index (χ4n) is 2.04. The first kappa shape index (κ1) is 14.4. The van der Waals surface area contributed by atoms with Crippen LogP contribution in [0.25, 0.3) is 11.0 Å². The van der Waals surface area contributed by atoms with E-state index in [0.717, 1.165) is 23.2 Å². The number of ether oxygens (including phenoxy) is 1. The molecule has 0 spiro atoms. The molecule has 2 atom stereocenters. The van der Waals surface area contributed by atoms with Crippen LogP contribution in [-0.2, 0) is 4.79 Å². The summed E-state index contributed by atoms with van der Waals surface area (Å²) in [6.45, 7) is 5.84. The maximum Gasteiger partial charge on any atom is 0.223 e. The van der Waals surface area contributed by atoms with E-state index in [0.29, 0.717) is 5.75 Å². The van der Waals surface area contributed by atoms with Gasteiger partial charge in [0, 0.05) is 11.3 Å². The molecule has 0 fully saturated rings. The minimum absolute atomic E-state index is 0.0105. The molecular weight excluding hydrogens is 254 g/mol. The Balaban J connectivity index is 2.22. The third-order valence-corrected chi connectivity index (χ3v) is 3.59. The maximum atomic E-state index is 11.9. The minimum Gasteiger partial charge on any atom is -0.493 e. The van der Waals surface area contributed by atoms with Gasteiger partial charge in [-0.05, 0) is 25.5 Å². The highest BCUT2D eigenvalue weighted by molar-refractivity contribution is 5.84. The Morgan fingerprint density at radius 2 is 2.15 bits per heavy atom. The number of fused-ring (bicyclic) bond motifs is 1. The molecule has 0 aliphatic carbocycles. The van der Waals surface area contributed by atoms with E-state index in [4.69, 9.17) is 9.15 Å². The molecular formula is C16H21NO3. The van der Waals surface area contributed by atoms with E-state index in [-0.39, 0.29) is 17.9 Å². The minimum atomic E-state index is -0.159. The van der Waals surface area contributed by atoms with E-state index >= 15 is 0 Å². The van der Waals surface area contributed by atoms with Gasteiger partial charge in [0.15, 0.2) is 11.3 Å². The lowest BCUT2D eigenvalue weighted by molar-refractivity contribution is -0.125. The number of methoxy groups -OCH3 is 1. The van der Waals surface area contributed by atoms with E-state index in [1.54, 1.807) is 7.11 Å². The number of para-hydroxylation sites is 1. The molecule has 1 heterocycles.